The zero-order chi connectivity index (χ0) is 20.3. The maximum absolute atomic E-state index is 12.4. The van der Waals surface area contributed by atoms with Crippen molar-refractivity contribution in [2.24, 2.45) is 0 Å². The highest BCUT2D eigenvalue weighted by Crippen LogP contribution is 2.30. The van der Waals surface area contributed by atoms with Crippen molar-refractivity contribution in [2.75, 3.05) is 13.2 Å². The van der Waals surface area contributed by atoms with Crippen LogP contribution in [0.5, 0.6) is 5.75 Å². The molecule has 1 aromatic carbocycles. The van der Waals surface area contributed by atoms with Crippen molar-refractivity contribution in [2.45, 2.75) is 62.5 Å². The molecule has 0 radical (unpaired) electrons. The second kappa shape index (κ2) is 8.61. The molecule has 0 bridgehead atoms. The number of hydrogen-bond donors (Lipinski definition) is 2. The highest BCUT2D eigenvalue weighted by molar-refractivity contribution is 5.74. The van der Waals surface area contributed by atoms with E-state index in [0.717, 1.165) is 24.3 Å². The highest BCUT2D eigenvalue weighted by Gasteiger charge is 2.49. The molecular formula is C21H27N5O4. The van der Waals surface area contributed by atoms with E-state index < -0.39 is 0 Å². The standard InChI is InChI=1S/C21H27N5O4/c27-21(24-14-5-2-1-3-6-14)25-17-10-28-20-18(11-29-19(17)20)30-16-8-4-7-15(9-16)26-12-22-23-13-26/h4,7-9,12-14,17-20H,1-3,5-6,10-11H2,(H2,24,25,27)/t17-,18-,19+,20+/m0/s1. The predicted molar refractivity (Wildman–Crippen MR) is 108 cm³/mol. The van der Waals surface area contributed by atoms with Gasteiger partial charge in [-0.3, -0.25) is 4.57 Å². The fraction of sp³-hybridized carbons (Fsp3) is 0.571. The van der Waals surface area contributed by atoms with Gasteiger partial charge in [0.15, 0.2) is 6.10 Å². The Bertz CT molecular complexity index is 855. The van der Waals surface area contributed by atoms with E-state index in [9.17, 15) is 4.79 Å². The fourth-order valence-electron chi connectivity index (χ4n) is 4.56. The topological polar surface area (TPSA) is 99.5 Å². The summed E-state index contributed by atoms with van der Waals surface area (Å²) in [5.41, 5.74) is 0.916. The van der Waals surface area contributed by atoms with Crippen molar-refractivity contribution < 1.29 is 19.0 Å². The summed E-state index contributed by atoms with van der Waals surface area (Å²) in [5.74, 6) is 0.727. The summed E-state index contributed by atoms with van der Waals surface area (Å²) in [7, 11) is 0. The van der Waals surface area contributed by atoms with Crippen molar-refractivity contribution in [1.82, 2.24) is 25.4 Å². The molecule has 30 heavy (non-hydrogen) atoms. The SMILES string of the molecule is O=C(NC1CCCCC1)N[C@H]1CO[C@H]2[C@@H]1OC[C@@H]2Oc1cccc(-n2cnnc2)c1. The molecule has 160 valence electrons. The van der Waals surface area contributed by atoms with Gasteiger partial charge in [-0.15, -0.1) is 10.2 Å². The number of carbonyl (C=O) groups is 1. The molecule has 3 aliphatic rings. The van der Waals surface area contributed by atoms with Crippen LogP contribution in [0.1, 0.15) is 32.1 Å². The third-order valence-corrected chi connectivity index (χ3v) is 6.09. The van der Waals surface area contributed by atoms with E-state index in [2.05, 4.69) is 20.8 Å². The van der Waals surface area contributed by atoms with Crippen LogP contribution in [0.2, 0.25) is 0 Å². The summed E-state index contributed by atoms with van der Waals surface area (Å²) in [5, 5.41) is 13.8. The lowest BCUT2D eigenvalue weighted by molar-refractivity contribution is 0.0303. The van der Waals surface area contributed by atoms with Crippen LogP contribution in [0, 0.1) is 0 Å². The Morgan fingerprint density at radius 2 is 1.83 bits per heavy atom. The molecule has 2 amide bonds. The second-order valence-corrected chi connectivity index (χ2v) is 8.18. The summed E-state index contributed by atoms with van der Waals surface area (Å²) >= 11 is 0. The molecule has 5 rings (SSSR count). The molecule has 4 atom stereocenters. The average Bonchev–Trinajstić information content (AvgIpc) is 3.50. The Hall–Kier alpha value is -2.65. The Morgan fingerprint density at radius 1 is 1.03 bits per heavy atom. The van der Waals surface area contributed by atoms with E-state index in [1.54, 1.807) is 12.7 Å². The zero-order valence-electron chi connectivity index (χ0n) is 16.8. The van der Waals surface area contributed by atoms with E-state index in [4.69, 9.17) is 14.2 Å². The molecule has 0 spiro atoms. The first-order chi connectivity index (χ1) is 14.8. The van der Waals surface area contributed by atoms with Crippen molar-refractivity contribution >= 4 is 6.03 Å². The molecule has 9 nitrogen and oxygen atoms in total. The van der Waals surface area contributed by atoms with Gasteiger partial charge in [-0.05, 0) is 25.0 Å². The molecule has 2 N–H and O–H groups in total. The number of amides is 2. The molecule has 1 saturated carbocycles. The van der Waals surface area contributed by atoms with Crippen LogP contribution in [0.3, 0.4) is 0 Å². The maximum Gasteiger partial charge on any atom is 0.315 e. The van der Waals surface area contributed by atoms with Crippen molar-refractivity contribution in [3.8, 4) is 11.4 Å². The molecule has 3 heterocycles. The van der Waals surface area contributed by atoms with E-state index >= 15 is 0 Å². The van der Waals surface area contributed by atoms with Crippen LogP contribution < -0.4 is 15.4 Å². The van der Waals surface area contributed by atoms with E-state index in [0.29, 0.717) is 13.2 Å². The van der Waals surface area contributed by atoms with Crippen LogP contribution in [-0.4, -0.2) is 64.4 Å². The molecule has 1 aliphatic carbocycles. The smallest absolute Gasteiger partial charge is 0.315 e. The monoisotopic (exact) mass is 413 g/mol. The lowest BCUT2D eigenvalue weighted by Crippen LogP contribution is -2.51. The van der Waals surface area contributed by atoms with Crippen molar-refractivity contribution in [3.63, 3.8) is 0 Å². The third-order valence-electron chi connectivity index (χ3n) is 6.09. The van der Waals surface area contributed by atoms with Crippen LogP contribution in [0.25, 0.3) is 5.69 Å². The van der Waals surface area contributed by atoms with Crippen LogP contribution >= 0.6 is 0 Å². The van der Waals surface area contributed by atoms with Gasteiger partial charge in [0.1, 0.15) is 30.6 Å². The molecule has 0 unspecified atom stereocenters. The van der Waals surface area contributed by atoms with Gasteiger partial charge in [-0.1, -0.05) is 25.3 Å². The van der Waals surface area contributed by atoms with E-state index in [1.807, 2.05) is 28.8 Å². The highest BCUT2D eigenvalue weighted by atomic mass is 16.6. The van der Waals surface area contributed by atoms with Gasteiger partial charge in [0.2, 0.25) is 0 Å². The summed E-state index contributed by atoms with van der Waals surface area (Å²) < 4.78 is 19.9. The van der Waals surface area contributed by atoms with Crippen LogP contribution in [0.15, 0.2) is 36.9 Å². The zero-order valence-corrected chi connectivity index (χ0v) is 16.8. The molecule has 3 fully saturated rings. The summed E-state index contributed by atoms with van der Waals surface area (Å²) in [6, 6.07) is 7.69. The molecular weight excluding hydrogens is 386 g/mol. The maximum atomic E-state index is 12.4. The van der Waals surface area contributed by atoms with Gasteiger partial charge >= 0.3 is 6.03 Å². The number of hydrogen-bond acceptors (Lipinski definition) is 6. The Morgan fingerprint density at radius 3 is 2.67 bits per heavy atom. The number of carbonyl (C=O) groups excluding carboxylic acids is 1. The first-order valence-electron chi connectivity index (χ1n) is 10.7. The van der Waals surface area contributed by atoms with Gasteiger partial charge in [0, 0.05) is 12.1 Å². The van der Waals surface area contributed by atoms with Crippen molar-refractivity contribution in [3.05, 3.63) is 36.9 Å². The number of nitrogens with one attached hydrogen (secondary N) is 2. The third kappa shape index (κ3) is 4.13. The predicted octanol–water partition coefficient (Wildman–Crippen LogP) is 1.81. The Labute approximate surface area is 175 Å². The van der Waals surface area contributed by atoms with Gasteiger partial charge in [0.05, 0.1) is 24.9 Å². The summed E-state index contributed by atoms with van der Waals surface area (Å²) in [6.07, 6.45) is 8.40. The number of nitrogens with zero attached hydrogens (tertiary/aromatic N) is 3. The molecule has 2 saturated heterocycles. The summed E-state index contributed by atoms with van der Waals surface area (Å²) in [6.45, 7) is 0.850. The fourth-order valence-corrected chi connectivity index (χ4v) is 4.56. The van der Waals surface area contributed by atoms with Gasteiger partial charge in [-0.2, -0.15) is 0 Å². The number of urea groups is 1. The number of aromatic nitrogens is 3. The first kappa shape index (κ1) is 19.3. The number of fused-ring (bicyclic) bond motifs is 1. The minimum Gasteiger partial charge on any atom is -0.485 e. The van der Waals surface area contributed by atoms with Gasteiger partial charge in [0.25, 0.3) is 0 Å². The Balaban J connectivity index is 1.17. The van der Waals surface area contributed by atoms with Crippen molar-refractivity contribution in [1.29, 1.82) is 0 Å². The minimum atomic E-state index is -0.223. The normalized spacial score (nSPS) is 28.8. The van der Waals surface area contributed by atoms with E-state index in [-0.39, 0.29) is 36.4 Å². The van der Waals surface area contributed by atoms with Gasteiger partial charge < -0.3 is 24.8 Å². The number of ether oxygens (including phenoxy) is 3. The first-order valence-corrected chi connectivity index (χ1v) is 10.7. The van der Waals surface area contributed by atoms with E-state index in [1.165, 1.54) is 19.3 Å². The molecule has 1 aromatic heterocycles. The Kier molecular flexibility index (Phi) is 5.54. The molecule has 9 heteroatoms. The largest absolute Gasteiger partial charge is 0.485 e. The minimum absolute atomic E-state index is 0.134. The number of rotatable bonds is 5. The quantitative estimate of drug-likeness (QED) is 0.776. The lowest BCUT2D eigenvalue weighted by Gasteiger charge is -2.24. The number of benzene rings is 1. The van der Waals surface area contributed by atoms with Crippen LogP contribution in [0.4, 0.5) is 4.79 Å². The van der Waals surface area contributed by atoms with Crippen LogP contribution in [-0.2, 0) is 9.47 Å². The summed E-state index contributed by atoms with van der Waals surface area (Å²) in [4.78, 5) is 12.4. The molecule has 2 aliphatic heterocycles. The average molecular weight is 413 g/mol. The van der Waals surface area contributed by atoms with Gasteiger partial charge in [-0.25, -0.2) is 4.79 Å². The second-order valence-electron chi connectivity index (χ2n) is 8.18. The lowest BCUT2D eigenvalue weighted by atomic mass is 9.96. The molecule has 2 aromatic rings.